The number of pyridine rings is 1. The highest BCUT2D eigenvalue weighted by Gasteiger charge is 2.11. The highest BCUT2D eigenvalue weighted by atomic mass is 16.5. The van der Waals surface area contributed by atoms with Gasteiger partial charge in [0.25, 0.3) is 0 Å². The molecule has 1 N–H and O–H groups in total. The van der Waals surface area contributed by atoms with Crippen molar-refractivity contribution in [1.82, 2.24) is 4.98 Å². The Labute approximate surface area is 146 Å². The normalized spacial score (nSPS) is 10.5. The van der Waals surface area contributed by atoms with E-state index in [1.165, 1.54) is 0 Å². The van der Waals surface area contributed by atoms with Gasteiger partial charge in [-0.3, -0.25) is 5.43 Å². The van der Waals surface area contributed by atoms with Crippen LogP contribution in [0, 0.1) is 18.3 Å². The van der Waals surface area contributed by atoms with Gasteiger partial charge in [0.05, 0.1) is 27.0 Å². The van der Waals surface area contributed by atoms with Crippen molar-refractivity contribution < 1.29 is 14.2 Å². The number of methoxy groups -OCH3 is 3. The number of benzene rings is 1. The second-order valence-corrected chi connectivity index (χ2v) is 5.18. The van der Waals surface area contributed by atoms with Gasteiger partial charge in [0.1, 0.15) is 11.6 Å². The first kappa shape index (κ1) is 18.2. The summed E-state index contributed by atoms with van der Waals surface area (Å²) in [7, 11) is 4.74. The highest BCUT2D eigenvalue weighted by molar-refractivity contribution is 5.81. The Hall–Kier alpha value is -3.11. The van der Waals surface area contributed by atoms with E-state index in [-0.39, 0.29) is 0 Å². The lowest BCUT2D eigenvalue weighted by molar-refractivity contribution is 0.184. The van der Waals surface area contributed by atoms with Gasteiger partial charge in [-0.2, -0.15) is 10.4 Å². The van der Waals surface area contributed by atoms with E-state index in [1.807, 2.05) is 19.1 Å². The molecule has 0 bridgehead atoms. The van der Waals surface area contributed by atoms with E-state index in [0.29, 0.717) is 29.5 Å². The lowest BCUT2D eigenvalue weighted by atomic mass is 10.1. The average molecular weight is 340 g/mol. The molecule has 0 saturated carbocycles. The Morgan fingerprint density at radius 1 is 1.20 bits per heavy atom. The Morgan fingerprint density at radius 3 is 2.60 bits per heavy atom. The van der Waals surface area contributed by atoms with Crippen molar-refractivity contribution in [1.29, 1.82) is 5.26 Å². The second-order valence-electron chi connectivity index (χ2n) is 5.18. The standard InChI is InChI=1S/C18H20N4O3/c1-12-7-14(11-23-2)15(9-19)18(21-12)22-20-10-13-5-6-16(24-3)17(8-13)25-4/h5-8,10H,11H2,1-4H3,(H,21,22). The molecule has 0 aliphatic carbocycles. The maximum Gasteiger partial charge on any atom is 0.164 e. The lowest BCUT2D eigenvalue weighted by Crippen LogP contribution is -2.03. The summed E-state index contributed by atoms with van der Waals surface area (Å²) in [5, 5.41) is 13.6. The SMILES string of the molecule is COCc1cc(C)nc(NN=Cc2ccc(OC)c(OC)c2)c1C#N. The summed E-state index contributed by atoms with van der Waals surface area (Å²) in [6.07, 6.45) is 1.61. The molecule has 2 aromatic rings. The van der Waals surface area contributed by atoms with Crippen molar-refractivity contribution >= 4 is 12.0 Å². The number of anilines is 1. The van der Waals surface area contributed by atoms with E-state index < -0.39 is 0 Å². The molecule has 7 nitrogen and oxygen atoms in total. The molecule has 0 unspecified atom stereocenters. The van der Waals surface area contributed by atoms with Gasteiger partial charge in [0, 0.05) is 18.4 Å². The first-order valence-corrected chi connectivity index (χ1v) is 7.53. The van der Waals surface area contributed by atoms with Crippen LogP contribution in [0.25, 0.3) is 0 Å². The van der Waals surface area contributed by atoms with Gasteiger partial charge >= 0.3 is 0 Å². The largest absolute Gasteiger partial charge is 0.493 e. The zero-order valence-corrected chi connectivity index (χ0v) is 14.7. The molecule has 0 radical (unpaired) electrons. The topological polar surface area (TPSA) is 88.8 Å². The predicted octanol–water partition coefficient (Wildman–Crippen LogP) is 2.87. The van der Waals surface area contributed by atoms with Gasteiger partial charge < -0.3 is 14.2 Å². The number of aromatic nitrogens is 1. The number of nitriles is 1. The van der Waals surface area contributed by atoms with Crippen molar-refractivity contribution in [3.63, 3.8) is 0 Å². The fourth-order valence-corrected chi connectivity index (χ4v) is 2.32. The van der Waals surface area contributed by atoms with Crippen LogP contribution in [0.5, 0.6) is 11.5 Å². The van der Waals surface area contributed by atoms with Crippen LogP contribution < -0.4 is 14.9 Å². The van der Waals surface area contributed by atoms with Crippen LogP contribution in [0.1, 0.15) is 22.4 Å². The molecule has 0 spiro atoms. The monoisotopic (exact) mass is 340 g/mol. The van der Waals surface area contributed by atoms with Crippen LogP contribution in [-0.2, 0) is 11.3 Å². The molecule has 130 valence electrons. The number of hydrazone groups is 1. The van der Waals surface area contributed by atoms with Gasteiger partial charge in [-0.15, -0.1) is 0 Å². The molecule has 0 amide bonds. The summed E-state index contributed by atoms with van der Waals surface area (Å²) in [6, 6.07) is 9.41. The minimum Gasteiger partial charge on any atom is -0.493 e. The van der Waals surface area contributed by atoms with Crippen LogP contribution in [-0.4, -0.2) is 32.5 Å². The molecule has 0 fully saturated rings. The van der Waals surface area contributed by atoms with E-state index in [4.69, 9.17) is 14.2 Å². The molecular formula is C18H20N4O3. The first-order chi connectivity index (χ1) is 12.1. The summed E-state index contributed by atoms with van der Waals surface area (Å²) in [6.45, 7) is 2.18. The van der Waals surface area contributed by atoms with Crippen LogP contribution in [0.15, 0.2) is 29.4 Å². The Balaban J connectivity index is 2.24. The average Bonchev–Trinajstić information content (AvgIpc) is 2.61. The van der Waals surface area contributed by atoms with Crippen molar-refractivity contribution in [2.45, 2.75) is 13.5 Å². The number of nitrogens with one attached hydrogen (secondary N) is 1. The lowest BCUT2D eigenvalue weighted by Gasteiger charge is -2.09. The third kappa shape index (κ3) is 4.46. The quantitative estimate of drug-likeness (QED) is 0.616. The molecule has 0 atom stereocenters. The smallest absolute Gasteiger partial charge is 0.164 e. The minimum absolute atomic E-state index is 0.334. The molecule has 0 aliphatic heterocycles. The Bertz CT molecular complexity index is 813. The van der Waals surface area contributed by atoms with Crippen LogP contribution in [0.2, 0.25) is 0 Å². The number of aryl methyl sites for hydroxylation is 1. The van der Waals surface area contributed by atoms with Crippen LogP contribution >= 0.6 is 0 Å². The second kappa shape index (κ2) is 8.66. The molecule has 0 aliphatic rings. The van der Waals surface area contributed by atoms with Crippen molar-refractivity contribution in [2.24, 2.45) is 5.10 Å². The number of ether oxygens (including phenoxy) is 3. The molecule has 0 saturated heterocycles. The highest BCUT2D eigenvalue weighted by Crippen LogP contribution is 2.27. The van der Waals surface area contributed by atoms with Gasteiger partial charge in [0.15, 0.2) is 17.3 Å². The Morgan fingerprint density at radius 2 is 1.96 bits per heavy atom. The number of rotatable bonds is 7. The summed E-state index contributed by atoms with van der Waals surface area (Å²) in [5.74, 6) is 1.65. The summed E-state index contributed by atoms with van der Waals surface area (Å²) < 4.78 is 15.6. The Kier molecular flexibility index (Phi) is 6.32. The number of nitrogens with zero attached hydrogens (tertiary/aromatic N) is 3. The zero-order valence-electron chi connectivity index (χ0n) is 14.7. The van der Waals surface area contributed by atoms with Crippen molar-refractivity contribution in [3.8, 4) is 17.6 Å². The zero-order chi connectivity index (χ0) is 18.2. The summed E-state index contributed by atoms with van der Waals surface area (Å²) >= 11 is 0. The molecule has 25 heavy (non-hydrogen) atoms. The molecule has 1 aromatic carbocycles. The molecule has 1 heterocycles. The number of hydrogen-bond donors (Lipinski definition) is 1. The van der Waals surface area contributed by atoms with Crippen molar-refractivity contribution in [3.05, 3.63) is 46.6 Å². The van der Waals surface area contributed by atoms with Gasteiger partial charge in [-0.1, -0.05) is 0 Å². The molecular weight excluding hydrogens is 320 g/mol. The first-order valence-electron chi connectivity index (χ1n) is 7.53. The van der Waals surface area contributed by atoms with E-state index in [9.17, 15) is 5.26 Å². The third-order valence-corrected chi connectivity index (χ3v) is 3.43. The van der Waals surface area contributed by atoms with Gasteiger partial charge in [-0.25, -0.2) is 4.98 Å². The summed E-state index contributed by atoms with van der Waals surface area (Å²) in [5.41, 5.74) is 5.59. The fourth-order valence-electron chi connectivity index (χ4n) is 2.32. The third-order valence-electron chi connectivity index (χ3n) is 3.43. The van der Waals surface area contributed by atoms with Crippen molar-refractivity contribution in [2.75, 3.05) is 26.8 Å². The number of hydrogen-bond acceptors (Lipinski definition) is 7. The molecule has 7 heteroatoms. The molecule has 1 aromatic heterocycles. The summed E-state index contributed by atoms with van der Waals surface area (Å²) in [4.78, 5) is 4.33. The van der Waals surface area contributed by atoms with E-state index in [2.05, 4.69) is 21.6 Å². The minimum atomic E-state index is 0.334. The van der Waals surface area contributed by atoms with E-state index in [1.54, 1.807) is 39.7 Å². The predicted molar refractivity (Wildman–Crippen MR) is 95.2 cm³/mol. The van der Waals surface area contributed by atoms with E-state index in [0.717, 1.165) is 16.8 Å². The van der Waals surface area contributed by atoms with Gasteiger partial charge in [-0.05, 0) is 36.8 Å². The van der Waals surface area contributed by atoms with Gasteiger partial charge in [0.2, 0.25) is 0 Å². The van der Waals surface area contributed by atoms with Crippen LogP contribution in [0.4, 0.5) is 5.82 Å². The van der Waals surface area contributed by atoms with E-state index >= 15 is 0 Å². The van der Waals surface area contributed by atoms with Crippen LogP contribution in [0.3, 0.4) is 0 Å². The molecule has 2 rings (SSSR count). The maximum atomic E-state index is 9.39. The maximum absolute atomic E-state index is 9.39. The fraction of sp³-hybridized carbons (Fsp3) is 0.278.